The minimum atomic E-state index is -4.00. The largest absolute Gasteiger partial charge is 0.506 e. The van der Waals surface area contributed by atoms with Crippen molar-refractivity contribution in [3.05, 3.63) is 85.3 Å². The molecule has 0 unspecified atom stereocenters. The second-order valence-corrected chi connectivity index (χ2v) is 10.1. The summed E-state index contributed by atoms with van der Waals surface area (Å²) in [4.78, 5) is 12.2. The Morgan fingerprint density at radius 1 is 1.07 bits per heavy atom. The van der Waals surface area contributed by atoms with Crippen molar-refractivity contribution in [3.8, 4) is 5.75 Å². The molecule has 0 saturated heterocycles. The van der Waals surface area contributed by atoms with Gasteiger partial charge in [-0.2, -0.15) is 8.42 Å². The molecule has 1 aliphatic carbocycles. The van der Waals surface area contributed by atoms with E-state index in [1.54, 1.807) is 56.3 Å². The summed E-state index contributed by atoms with van der Waals surface area (Å²) in [5.41, 5.74) is 3.44. The number of aromatic hydroxyl groups is 1. The van der Waals surface area contributed by atoms with E-state index < -0.39 is 10.1 Å². The lowest BCUT2D eigenvalue weighted by atomic mass is 9.88. The first-order valence-corrected chi connectivity index (χ1v) is 11.8. The normalized spacial score (nSPS) is 16.2. The van der Waals surface area contributed by atoms with Crippen molar-refractivity contribution in [3.63, 3.8) is 0 Å². The molecule has 5 nitrogen and oxygen atoms in total. The summed E-state index contributed by atoms with van der Waals surface area (Å²) in [7, 11) is -2.89. The van der Waals surface area contributed by atoms with Crippen molar-refractivity contribution in [1.29, 1.82) is 0 Å². The summed E-state index contributed by atoms with van der Waals surface area (Å²) in [6.07, 6.45) is 3.38. The molecule has 0 aromatic heterocycles. The SMILES string of the molecule is COS(=O)(=O)c1ccccc1/C(=C1\C=C(C)C(=O)C(Br)=C1)c1cc(C)c(O)c(Br)c1. The second-order valence-electron chi connectivity index (χ2n) is 6.72. The number of phenolic OH excluding ortho intramolecular Hbond substituents is 1. The van der Waals surface area contributed by atoms with Crippen LogP contribution in [-0.2, 0) is 19.1 Å². The van der Waals surface area contributed by atoms with Crippen molar-refractivity contribution in [2.45, 2.75) is 18.7 Å². The van der Waals surface area contributed by atoms with Crippen LogP contribution in [0.2, 0.25) is 0 Å². The molecule has 0 heterocycles. The van der Waals surface area contributed by atoms with E-state index in [9.17, 15) is 18.3 Å². The highest BCUT2D eigenvalue weighted by molar-refractivity contribution is 9.12. The van der Waals surface area contributed by atoms with Gasteiger partial charge in [-0.05, 0) is 104 Å². The van der Waals surface area contributed by atoms with Crippen LogP contribution in [0.1, 0.15) is 23.6 Å². The molecule has 2 aromatic rings. The summed E-state index contributed by atoms with van der Waals surface area (Å²) < 4.78 is 30.9. The zero-order valence-corrected chi connectivity index (χ0v) is 20.4. The third-order valence-electron chi connectivity index (χ3n) is 4.71. The fourth-order valence-electron chi connectivity index (χ4n) is 3.21. The zero-order chi connectivity index (χ0) is 22.2. The van der Waals surface area contributed by atoms with Crippen LogP contribution in [0, 0.1) is 6.92 Å². The molecule has 0 saturated carbocycles. The Balaban J connectivity index is 2.47. The van der Waals surface area contributed by atoms with Gasteiger partial charge in [0.15, 0.2) is 5.78 Å². The summed E-state index contributed by atoms with van der Waals surface area (Å²) in [5, 5.41) is 10.2. The van der Waals surface area contributed by atoms with Crippen LogP contribution in [0.15, 0.2) is 73.5 Å². The van der Waals surface area contributed by atoms with E-state index in [1.165, 1.54) is 6.07 Å². The maximum Gasteiger partial charge on any atom is 0.297 e. The molecule has 0 fully saturated rings. The van der Waals surface area contributed by atoms with Crippen LogP contribution in [0.25, 0.3) is 5.57 Å². The molecule has 156 valence electrons. The minimum Gasteiger partial charge on any atom is -0.506 e. The summed E-state index contributed by atoms with van der Waals surface area (Å²) in [6.45, 7) is 3.45. The number of carbonyl (C=O) groups excluding carboxylic acids is 1. The Labute approximate surface area is 192 Å². The molecule has 2 aromatic carbocycles. The Bertz CT molecular complexity index is 1210. The topological polar surface area (TPSA) is 80.7 Å². The highest BCUT2D eigenvalue weighted by atomic mass is 79.9. The van der Waals surface area contributed by atoms with E-state index in [0.717, 1.165) is 7.11 Å². The van der Waals surface area contributed by atoms with E-state index in [0.29, 0.717) is 42.4 Å². The van der Waals surface area contributed by atoms with E-state index in [1.807, 2.05) is 0 Å². The second kappa shape index (κ2) is 8.63. The van der Waals surface area contributed by atoms with Gasteiger partial charge in [0.05, 0.1) is 16.1 Å². The summed E-state index contributed by atoms with van der Waals surface area (Å²) in [5.74, 6) is -0.0397. The first kappa shape index (κ1) is 22.7. The highest BCUT2D eigenvalue weighted by Crippen LogP contribution is 2.39. The molecule has 1 aliphatic rings. The van der Waals surface area contributed by atoms with Crippen molar-refractivity contribution < 1.29 is 22.5 Å². The van der Waals surface area contributed by atoms with Gasteiger partial charge >= 0.3 is 0 Å². The molecule has 3 rings (SSSR count). The highest BCUT2D eigenvalue weighted by Gasteiger charge is 2.25. The van der Waals surface area contributed by atoms with Crippen LogP contribution < -0.4 is 0 Å². The molecule has 0 radical (unpaired) electrons. The van der Waals surface area contributed by atoms with Gasteiger partial charge in [0, 0.05) is 5.56 Å². The Morgan fingerprint density at radius 3 is 2.33 bits per heavy atom. The van der Waals surface area contributed by atoms with Crippen molar-refractivity contribution in [1.82, 2.24) is 0 Å². The number of benzene rings is 2. The molecule has 1 N–H and O–H groups in total. The molecular weight excluding hydrogens is 536 g/mol. The molecule has 0 atom stereocenters. The first-order chi connectivity index (χ1) is 14.1. The van der Waals surface area contributed by atoms with E-state index in [4.69, 9.17) is 4.18 Å². The minimum absolute atomic E-state index is 0.00401. The van der Waals surface area contributed by atoms with Gasteiger partial charge in [0.2, 0.25) is 0 Å². The van der Waals surface area contributed by atoms with Crippen molar-refractivity contribution >= 4 is 53.3 Å². The molecule has 0 aliphatic heterocycles. The molecular formula is C22H18Br2O5S. The Kier molecular flexibility index (Phi) is 6.52. The van der Waals surface area contributed by atoms with Gasteiger partial charge in [-0.1, -0.05) is 18.2 Å². The van der Waals surface area contributed by atoms with Crippen molar-refractivity contribution in [2.24, 2.45) is 0 Å². The number of hydrogen-bond donors (Lipinski definition) is 1. The number of ketones is 1. The zero-order valence-electron chi connectivity index (χ0n) is 16.4. The number of hydrogen-bond acceptors (Lipinski definition) is 5. The number of phenols is 1. The van der Waals surface area contributed by atoms with Crippen LogP contribution >= 0.6 is 31.9 Å². The van der Waals surface area contributed by atoms with Crippen molar-refractivity contribution in [2.75, 3.05) is 7.11 Å². The molecule has 8 heteroatoms. The Hall–Kier alpha value is -2.00. The standard InChI is InChI=1S/C22H18Br2O5S/c1-12-8-14(10-17(23)21(12)25)20(15-9-13(2)22(26)18(24)11-15)16-6-4-5-7-19(16)30(27,28)29-3/h4-11,25H,1-3H3/b20-15+. The van der Waals surface area contributed by atoms with Gasteiger partial charge < -0.3 is 5.11 Å². The predicted octanol–water partition coefficient (Wildman–Crippen LogP) is 5.41. The average molecular weight is 554 g/mol. The maximum atomic E-state index is 12.6. The predicted molar refractivity (Wildman–Crippen MR) is 123 cm³/mol. The van der Waals surface area contributed by atoms with Gasteiger partial charge in [-0.3, -0.25) is 8.98 Å². The number of allylic oxidation sites excluding steroid dienone is 5. The van der Waals surface area contributed by atoms with Crippen LogP contribution in [0.3, 0.4) is 0 Å². The van der Waals surface area contributed by atoms with E-state index >= 15 is 0 Å². The third-order valence-corrected chi connectivity index (χ3v) is 7.23. The lowest BCUT2D eigenvalue weighted by Crippen LogP contribution is -2.09. The van der Waals surface area contributed by atoms with Gasteiger partial charge in [0.25, 0.3) is 10.1 Å². The van der Waals surface area contributed by atoms with E-state index in [2.05, 4.69) is 31.9 Å². The first-order valence-electron chi connectivity index (χ1n) is 8.80. The number of Topliss-reactive ketones (excluding diaryl/α,β-unsaturated/α-hetero) is 1. The van der Waals surface area contributed by atoms with E-state index in [-0.39, 0.29) is 16.4 Å². The lowest BCUT2D eigenvalue weighted by molar-refractivity contribution is -0.111. The monoisotopic (exact) mass is 552 g/mol. The summed E-state index contributed by atoms with van der Waals surface area (Å²) in [6, 6.07) is 9.98. The van der Waals surface area contributed by atoms with Gasteiger partial charge in [-0.25, -0.2) is 0 Å². The molecule has 0 bridgehead atoms. The average Bonchev–Trinajstić information content (AvgIpc) is 2.70. The van der Waals surface area contributed by atoms with Crippen LogP contribution in [0.5, 0.6) is 5.75 Å². The quantitative estimate of drug-likeness (QED) is 0.512. The smallest absolute Gasteiger partial charge is 0.297 e. The number of aryl methyl sites for hydroxylation is 1. The maximum absolute atomic E-state index is 12.6. The number of halogens is 2. The summed E-state index contributed by atoms with van der Waals surface area (Å²) >= 11 is 6.66. The molecule has 30 heavy (non-hydrogen) atoms. The molecule has 0 spiro atoms. The molecule has 0 amide bonds. The fraction of sp³-hybridized carbons (Fsp3) is 0.136. The number of rotatable bonds is 4. The number of carbonyl (C=O) groups is 1. The van der Waals surface area contributed by atoms with Crippen LogP contribution in [-0.4, -0.2) is 26.4 Å². The fourth-order valence-corrected chi connectivity index (χ4v) is 5.20. The van der Waals surface area contributed by atoms with Crippen LogP contribution in [0.4, 0.5) is 0 Å². The lowest BCUT2D eigenvalue weighted by Gasteiger charge is -2.19. The van der Waals surface area contributed by atoms with Gasteiger partial charge in [0.1, 0.15) is 10.6 Å². The Morgan fingerprint density at radius 2 is 1.73 bits per heavy atom. The van der Waals surface area contributed by atoms with Gasteiger partial charge in [-0.15, -0.1) is 0 Å². The third kappa shape index (κ3) is 4.23.